The summed E-state index contributed by atoms with van der Waals surface area (Å²) in [5.74, 6) is 0. The number of ether oxygens (including phenoxy) is 1. The van der Waals surface area contributed by atoms with Gasteiger partial charge in [-0.05, 0) is 33.6 Å². The molecule has 0 spiro atoms. The fourth-order valence-electron chi connectivity index (χ4n) is 3.14. The van der Waals surface area contributed by atoms with Gasteiger partial charge in [0.2, 0.25) is 0 Å². The molecule has 2 atom stereocenters. The Bertz CT molecular complexity index is 368. The van der Waals surface area contributed by atoms with Crippen LogP contribution in [0.3, 0.4) is 0 Å². The highest BCUT2D eigenvalue weighted by molar-refractivity contribution is 5.75. The number of carbonyl (C=O) groups excluding carboxylic acids is 1. The Labute approximate surface area is 116 Å². The lowest BCUT2D eigenvalue weighted by Crippen LogP contribution is -2.53. The molecule has 0 aromatic heterocycles. The fraction of sp³-hybridized carbons (Fsp3) is 0.800. The molecule has 0 aliphatic carbocycles. The Balaban J connectivity index is 1.99. The highest BCUT2D eigenvalue weighted by atomic mass is 16.5. The van der Waals surface area contributed by atoms with Crippen molar-refractivity contribution in [3.05, 3.63) is 11.1 Å². The Morgan fingerprint density at radius 2 is 1.89 bits per heavy atom. The van der Waals surface area contributed by atoms with Gasteiger partial charge in [0.1, 0.15) is 0 Å². The first-order valence-corrected chi connectivity index (χ1v) is 7.38. The van der Waals surface area contributed by atoms with E-state index >= 15 is 0 Å². The minimum Gasteiger partial charge on any atom is -0.372 e. The van der Waals surface area contributed by atoms with Gasteiger partial charge < -0.3 is 14.5 Å². The van der Waals surface area contributed by atoms with Crippen LogP contribution in [0.1, 0.15) is 40.5 Å². The van der Waals surface area contributed by atoms with Crippen LogP contribution < -0.4 is 0 Å². The third-order valence-electron chi connectivity index (χ3n) is 4.10. The van der Waals surface area contributed by atoms with E-state index in [1.807, 2.05) is 23.6 Å². The first-order valence-electron chi connectivity index (χ1n) is 7.38. The van der Waals surface area contributed by atoms with Gasteiger partial charge >= 0.3 is 6.03 Å². The molecule has 2 aliphatic heterocycles. The summed E-state index contributed by atoms with van der Waals surface area (Å²) in [5.41, 5.74) is 2.89. The van der Waals surface area contributed by atoms with Crippen LogP contribution in [0, 0.1) is 0 Å². The molecule has 108 valence electrons. The van der Waals surface area contributed by atoms with E-state index in [2.05, 4.69) is 13.8 Å². The first kappa shape index (κ1) is 14.4. The molecule has 2 rings (SSSR count). The number of hydrogen-bond donors (Lipinski definition) is 0. The molecule has 0 unspecified atom stereocenters. The molecule has 4 nitrogen and oxygen atoms in total. The van der Waals surface area contributed by atoms with Crippen molar-refractivity contribution in [1.82, 2.24) is 9.80 Å². The quantitative estimate of drug-likeness (QED) is 0.684. The molecule has 0 aromatic rings. The molecule has 2 heterocycles. The van der Waals surface area contributed by atoms with Crippen LogP contribution in [-0.2, 0) is 4.74 Å². The zero-order chi connectivity index (χ0) is 14.0. The molecule has 19 heavy (non-hydrogen) atoms. The molecule has 0 saturated carbocycles. The number of morpholine rings is 1. The molecule has 0 radical (unpaired) electrons. The van der Waals surface area contributed by atoms with Crippen molar-refractivity contribution < 1.29 is 9.53 Å². The second-order valence-corrected chi connectivity index (χ2v) is 5.85. The third-order valence-corrected chi connectivity index (χ3v) is 4.10. The van der Waals surface area contributed by atoms with Crippen molar-refractivity contribution in [3.63, 3.8) is 0 Å². The summed E-state index contributed by atoms with van der Waals surface area (Å²) in [6.07, 6.45) is 2.42. The van der Waals surface area contributed by atoms with Gasteiger partial charge in [-0.3, -0.25) is 0 Å². The van der Waals surface area contributed by atoms with Crippen LogP contribution >= 0.6 is 0 Å². The minimum atomic E-state index is 0.139. The molecule has 0 N–H and O–H groups in total. The summed E-state index contributed by atoms with van der Waals surface area (Å²) in [7, 11) is 0. The van der Waals surface area contributed by atoms with Crippen LogP contribution in [-0.4, -0.2) is 54.2 Å². The standard InChI is InChI=1S/C15H26N2O2/c1-5-14-6-7-16(8-11(14)2)15(18)17-9-12(3)19-13(4)10-17/h12-13H,5-10H2,1-4H3/t12-,13-/m1/s1. The molecule has 2 aliphatic rings. The van der Waals surface area contributed by atoms with Crippen molar-refractivity contribution in [2.75, 3.05) is 26.2 Å². The lowest BCUT2D eigenvalue weighted by Gasteiger charge is -2.39. The van der Waals surface area contributed by atoms with E-state index in [0.717, 1.165) is 25.9 Å². The van der Waals surface area contributed by atoms with Crippen molar-refractivity contribution in [3.8, 4) is 0 Å². The topological polar surface area (TPSA) is 32.8 Å². The summed E-state index contributed by atoms with van der Waals surface area (Å²) >= 11 is 0. The van der Waals surface area contributed by atoms with Crippen molar-refractivity contribution in [1.29, 1.82) is 0 Å². The van der Waals surface area contributed by atoms with Crippen molar-refractivity contribution >= 4 is 6.03 Å². The maximum Gasteiger partial charge on any atom is 0.320 e. The average Bonchev–Trinajstić information content (AvgIpc) is 2.36. The van der Waals surface area contributed by atoms with E-state index in [1.54, 1.807) is 0 Å². The molecule has 0 aromatic carbocycles. The van der Waals surface area contributed by atoms with Crippen molar-refractivity contribution in [2.45, 2.75) is 52.7 Å². The van der Waals surface area contributed by atoms with Gasteiger partial charge in [0.05, 0.1) is 12.2 Å². The number of amides is 2. The molecular weight excluding hydrogens is 240 g/mol. The Hall–Kier alpha value is -1.03. The van der Waals surface area contributed by atoms with E-state index in [4.69, 9.17) is 4.74 Å². The molecule has 0 bridgehead atoms. The van der Waals surface area contributed by atoms with Crippen LogP contribution in [0.25, 0.3) is 0 Å². The minimum absolute atomic E-state index is 0.139. The Morgan fingerprint density at radius 1 is 1.26 bits per heavy atom. The predicted octanol–water partition coefficient (Wildman–Crippen LogP) is 2.65. The lowest BCUT2D eigenvalue weighted by atomic mass is 9.99. The summed E-state index contributed by atoms with van der Waals surface area (Å²) in [4.78, 5) is 16.5. The van der Waals surface area contributed by atoms with Gasteiger partial charge in [-0.2, -0.15) is 0 Å². The predicted molar refractivity (Wildman–Crippen MR) is 76.2 cm³/mol. The van der Waals surface area contributed by atoms with Crippen molar-refractivity contribution in [2.24, 2.45) is 0 Å². The second-order valence-electron chi connectivity index (χ2n) is 5.85. The summed E-state index contributed by atoms with van der Waals surface area (Å²) in [6, 6.07) is 0.177. The highest BCUT2D eigenvalue weighted by Crippen LogP contribution is 2.22. The molecule has 2 amide bonds. The first-order chi connectivity index (χ1) is 9.01. The van der Waals surface area contributed by atoms with Gasteiger partial charge in [0, 0.05) is 26.2 Å². The lowest BCUT2D eigenvalue weighted by molar-refractivity contribution is -0.0580. The largest absolute Gasteiger partial charge is 0.372 e. The molecule has 4 heteroatoms. The third kappa shape index (κ3) is 3.30. The zero-order valence-corrected chi connectivity index (χ0v) is 12.6. The van der Waals surface area contributed by atoms with Crippen LogP contribution in [0.5, 0.6) is 0 Å². The average molecular weight is 266 g/mol. The van der Waals surface area contributed by atoms with Gasteiger partial charge in [0.15, 0.2) is 0 Å². The van der Waals surface area contributed by atoms with Gasteiger partial charge in [-0.1, -0.05) is 18.1 Å². The summed E-state index contributed by atoms with van der Waals surface area (Å²) in [6.45, 7) is 11.5. The van der Waals surface area contributed by atoms with Gasteiger partial charge in [0.25, 0.3) is 0 Å². The van der Waals surface area contributed by atoms with Crippen LogP contribution in [0.4, 0.5) is 4.79 Å². The monoisotopic (exact) mass is 266 g/mol. The van der Waals surface area contributed by atoms with E-state index < -0.39 is 0 Å². The summed E-state index contributed by atoms with van der Waals surface area (Å²) < 4.78 is 5.69. The zero-order valence-electron chi connectivity index (χ0n) is 12.6. The molecular formula is C15H26N2O2. The van der Waals surface area contributed by atoms with Gasteiger partial charge in [-0.15, -0.1) is 0 Å². The van der Waals surface area contributed by atoms with E-state index in [0.29, 0.717) is 13.1 Å². The molecule has 1 saturated heterocycles. The molecule has 1 fully saturated rings. The smallest absolute Gasteiger partial charge is 0.320 e. The number of nitrogens with zero attached hydrogens (tertiary/aromatic N) is 2. The normalized spacial score (nSPS) is 28.8. The van der Waals surface area contributed by atoms with E-state index in [9.17, 15) is 4.79 Å². The second kappa shape index (κ2) is 5.95. The fourth-order valence-corrected chi connectivity index (χ4v) is 3.14. The number of urea groups is 1. The summed E-state index contributed by atoms with van der Waals surface area (Å²) in [5, 5.41) is 0. The maximum absolute atomic E-state index is 12.6. The number of hydrogen-bond acceptors (Lipinski definition) is 2. The maximum atomic E-state index is 12.6. The van der Waals surface area contributed by atoms with E-state index in [1.165, 1.54) is 11.1 Å². The Morgan fingerprint density at radius 3 is 2.42 bits per heavy atom. The van der Waals surface area contributed by atoms with Crippen LogP contribution in [0.2, 0.25) is 0 Å². The number of rotatable bonds is 1. The van der Waals surface area contributed by atoms with Crippen LogP contribution in [0.15, 0.2) is 11.1 Å². The SMILES string of the molecule is CCC1=C(C)CN(C(=O)N2C[C@@H](C)O[C@H](C)C2)CC1. The van der Waals surface area contributed by atoms with E-state index in [-0.39, 0.29) is 18.2 Å². The van der Waals surface area contributed by atoms with Gasteiger partial charge in [-0.25, -0.2) is 4.79 Å². The Kier molecular flexibility index (Phi) is 4.50. The highest BCUT2D eigenvalue weighted by Gasteiger charge is 2.30. The number of carbonyl (C=O) groups is 1.